The summed E-state index contributed by atoms with van der Waals surface area (Å²) >= 11 is 12.6. The summed E-state index contributed by atoms with van der Waals surface area (Å²) in [6, 6.07) is 8.91. The fourth-order valence-corrected chi connectivity index (χ4v) is 3.74. The number of aromatic nitrogens is 1. The Labute approximate surface area is 171 Å². The van der Waals surface area contributed by atoms with E-state index in [-0.39, 0.29) is 0 Å². The molecular weight excluding hydrogens is 409 g/mol. The molecule has 28 heavy (non-hydrogen) atoms. The van der Waals surface area contributed by atoms with Crippen LogP contribution in [0.25, 0.3) is 10.9 Å². The van der Waals surface area contributed by atoms with Crippen LogP contribution >= 0.6 is 23.2 Å². The first-order chi connectivity index (χ1) is 13.5. The molecule has 2 aromatic carbocycles. The second-order valence-electron chi connectivity index (χ2n) is 6.22. The van der Waals surface area contributed by atoms with Crippen LogP contribution in [0.5, 0.6) is 11.5 Å². The van der Waals surface area contributed by atoms with E-state index in [4.69, 9.17) is 32.7 Å². The lowest BCUT2D eigenvalue weighted by Crippen LogP contribution is -2.16. The van der Waals surface area contributed by atoms with Crippen molar-refractivity contribution in [3.63, 3.8) is 0 Å². The van der Waals surface area contributed by atoms with Crippen molar-refractivity contribution in [2.45, 2.75) is 19.4 Å². The average Bonchev–Trinajstić information content (AvgIpc) is 3.07. The van der Waals surface area contributed by atoms with E-state index in [0.717, 1.165) is 28.5 Å². The predicted molar refractivity (Wildman–Crippen MR) is 108 cm³/mol. The van der Waals surface area contributed by atoms with Crippen molar-refractivity contribution in [3.05, 3.63) is 57.7 Å². The molecule has 8 heteroatoms. The monoisotopic (exact) mass is 428 g/mol. The molecule has 1 aromatic heterocycles. The standard InChI is InChI=1S/C20H20Cl2F2N2O2/c1-27-20-15(21)8-16-18(19(20)22)13(10-26-16)5-6-25-9-12-3-2-4-14(7-12)28-11-17(23)24/h2-4,7-8,10,17,25-26H,5-6,9,11H2,1H3. The molecule has 2 N–H and O–H groups in total. The molecule has 0 saturated heterocycles. The van der Waals surface area contributed by atoms with Gasteiger partial charge >= 0.3 is 0 Å². The van der Waals surface area contributed by atoms with Crippen molar-refractivity contribution in [1.82, 2.24) is 10.3 Å². The average molecular weight is 429 g/mol. The Kier molecular flexibility index (Phi) is 6.99. The Hall–Kier alpha value is -2.02. The van der Waals surface area contributed by atoms with Crippen molar-refractivity contribution in [2.24, 2.45) is 0 Å². The summed E-state index contributed by atoms with van der Waals surface area (Å²) in [7, 11) is 1.53. The summed E-state index contributed by atoms with van der Waals surface area (Å²) in [6.07, 6.45) is 0.164. The van der Waals surface area contributed by atoms with Gasteiger partial charge in [0.05, 0.1) is 17.2 Å². The molecule has 150 valence electrons. The highest BCUT2D eigenvalue weighted by atomic mass is 35.5. The van der Waals surface area contributed by atoms with Gasteiger partial charge in [-0.05, 0) is 42.3 Å². The molecular formula is C20H20Cl2F2N2O2. The van der Waals surface area contributed by atoms with Crippen molar-refractivity contribution < 1.29 is 18.3 Å². The van der Waals surface area contributed by atoms with Crippen LogP contribution in [-0.4, -0.2) is 31.7 Å². The minimum absolute atomic E-state index is 0.437. The number of alkyl halides is 2. The van der Waals surface area contributed by atoms with Gasteiger partial charge in [-0.15, -0.1) is 0 Å². The van der Waals surface area contributed by atoms with Crippen LogP contribution in [0.4, 0.5) is 8.78 Å². The molecule has 3 aromatic rings. The van der Waals surface area contributed by atoms with Gasteiger partial charge in [0.25, 0.3) is 6.43 Å². The number of nitrogens with one attached hydrogen (secondary N) is 2. The predicted octanol–water partition coefficient (Wildman–Crippen LogP) is 5.46. The molecule has 0 unspecified atom stereocenters. The number of benzene rings is 2. The van der Waals surface area contributed by atoms with Crippen LogP contribution in [0.2, 0.25) is 10.0 Å². The molecule has 4 nitrogen and oxygen atoms in total. The first-order valence-corrected chi connectivity index (χ1v) is 9.47. The van der Waals surface area contributed by atoms with Gasteiger partial charge in [-0.3, -0.25) is 0 Å². The number of H-pyrrole nitrogens is 1. The molecule has 0 radical (unpaired) electrons. The van der Waals surface area contributed by atoms with Crippen molar-refractivity contribution in [3.8, 4) is 11.5 Å². The number of ether oxygens (including phenoxy) is 2. The van der Waals surface area contributed by atoms with Crippen LogP contribution in [0.3, 0.4) is 0 Å². The van der Waals surface area contributed by atoms with Crippen LogP contribution in [0.15, 0.2) is 36.5 Å². The van der Waals surface area contributed by atoms with E-state index in [9.17, 15) is 8.78 Å². The zero-order valence-electron chi connectivity index (χ0n) is 15.2. The first kappa shape index (κ1) is 20.7. The third kappa shape index (κ3) is 4.87. The first-order valence-electron chi connectivity index (χ1n) is 8.72. The number of methoxy groups -OCH3 is 1. The zero-order chi connectivity index (χ0) is 20.1. The van der Waals surface area contributed by atoms with Gasteiger partial charge < -0.3 is 19.8 Å². The summed E-state index contributed by atoms with van der Waals surface area (Å²) < 4.78 is 34.8. The van der Waals surface area contributed by atoms with E-state index >= 15 is 0 Å². The van der Waals surface area contributed by atoms with E-state index < -0.39 is 13.0 Å². The summed E-state index contributed by atoms with van der Waals surface area (Å²) in [5.74, 6) is 0.900. The minimum atomic E-state index is -2.49. The number of rotatable bonds is 9. The summed E-state index contributed by atoms with van der Waals surface area (Å²) in [5, 5.41) is 5.18. The summed E-state index contributed by atoms with van der Waals surface area (Å²) in [5.41, 5.74) is 2.86. The minimum Gasteiger partial charge on any atom is -0.494 e. The van der Waals surface area contributed by atoms with Crippen molar-refractivity contribution >= 4 is 34.1 Å². The van der Waals surface area contributed by atoms with Crippen LogP contribution < -0.4 is 14.8 Å². The topological polar surface area (TPSA) is 46.3 Å². The molecule has 0 aliphatic carbocycles. The molecule has 0 fully saturated rings. The van der Waals surface area contributed by atoms with E-state index in [1.54, 1.807) is 24.3 Å². The highest BCUT2D eigenvalue weighted by Gasteiger charge is 2.15. The van der Waals surface area contributed by atoms with E-state index in [1.165, 1.54) is 7.11 Å². The lowest BCUT2D eigenvalue weighted by Gasteiger charge is -2.10. The van der Waals surface area contributed by atoms with Gasteiger partial charge in [0.15, 0.2) is 5.75 Å². The van der Waals surface area contributed by atoms with Gasteiger partial charge in [0, 0.05) is 23.6 Å². The molecule has 0 amide bonds. The molecule has 0 aliphatic rings. The van der Waals surface area contributed by atoms with Gasteiger partial charge in [-0.1, -0.05) is 35.3 Å². The number of aromatic amines is 1. The van der Waals surface area contributed by atoms with E-state index in [2.05, 4.69) is 10.3 Å². The van der Waals surface area contributed by atoms with Crippen LogP contribution in [-0.2, 0) is 13.0 Å². The lowest BCUT2D eigenvalue weighted by molar-refractivity contribution is 0.0818. The van der Waals surface area contributed by atoms with Crippen LogP contribution in [0, 0.1) is 0 Å². The Morgan fingerprint density at radius 3 is 2.79 bits per heavy atom. The lowest BCUT2D eigenvalue weighted by atomic mass is 10.1. The van der Waals surface area contributed by atoms with E-state index in [1.807, 2.05) is 12.3 Å². The Morgan fingerprint density at radius 1 is 1.21 bits per heavy atom. The van der Waals surface area contributed by atoms with Gasteiger partial charge in [-0.2, -0.15) is 0 Å². The number of hydrogen-bond acceptors (Lipinski definition) is 3. The number of fused-ring (bicyclic) bond motifs is 1. The Bertz CT molecular complexity index is 947. The zero-order valence-corrected chi connectivity index (χ0v) is 16.7. The third-order valence-corrected chi connectivity index (χ3v) is 4.92. The maximum absolute atomic E-state index is 12.2. The fraction of sp³-hybridized carbons (Fsp3) is 0.300. The normalized spacial score (nSPS) is 11.4. The molecule has 0 bridgehead atoms. The Morgan fingerprint density at radius 2 is 2.04 bits per heavy atom. The summed E-state index contributed by atoms with van der Waals surface area (Å²) in [6.45, 7) is 0.694. The number of hydrogen-bond donors (Lipinski definition) is 2. The second kappa shape index (κ2) is 9.45. The van der Waals surface area contributed by atoms with Gasteiger partial charge in [-0.25, -0.2) is 8.78 Å². The second-order valence-corrected chi connectivity index (χ2v) is 7.00. The Balaban J connectivity index is 1.59. The van der Waals surface area contributed by atoms with Crippen molar-refractivity contribution in [1.29, 1.82) is 0 Å². The van der Waals surface area contributed by atoms with E-state index in [0.29, 0.717) is 34.6 Å². The molecule has 3 rings (SSSR count). The SMILES string of the molecule is COc1c(Cl)cc2[nH]cc(CCNCc3cccc(OCC(F)F)c3)c2c1Cl. The highest BCUT2D eigenvalue weighted by Crippen LogP contribution is 2.40. The van der Waals surface area contributed by atoms with Crippen molar-refractivity contribution in [2.75, 3.05) is 20.3 Å². The fourth-order valence-electron chi connectivity index (χ4n) is 3.01. The largest absolute Gasteiger partial charge is 0.494 e. The molecule has 0 atom stereocenters. The number of halogens is 4. The maximum Gasteiger partial charge on any atom is 0.272 e. The summed E-state index contributed by atoms with van der Waals surface area (Å²) in [4.78, 5) is 3.18. The smallest absolute Gasteiger partial charge is 0.272 e. The molecule has 0 aliphatic heterocycles. The van der Waals surface area contributed by atoms with Gasteiger partial charge in [0.2, 0.25) is 0 Å². The van der Waals surface area contributed by atoms with Gasteiger partial charge in [0.1, 0.15) is 12.4 Å². The molecule has 0 saturated carbocycles. The highest BCUT2D eigenvalue weighted by molar-refractivity contribution is 6.41. The quantitative estimate of drug-likeness (QED) is 0.444. The van der Waals surface area contributed by atoms with Crippen LogP contribution in [0.1, 0.15) is 11.1 Å². The maximum atomic E-state index is 12.2. The molecule has 0 spiro atoms. The third-order valence-electron chi connectivity index (χ3n) is 4.28. The molecule has 1 heterocycles.